The zero-order chi connectivity index (χ0) is 8.48. The van der Waals surface area contributed by atoms with Crippen LogP contribution < -0.4 is 0 Å². The van der Waals surface area contributed by atoms with E-state index in [1.54, 1.807) is 0 Å². The highest BCUT2D eigenvalue weighted by atomic mass is 15.1. The Bertz CT molecular complexity index is 117. The first-order valence-electron chi connectivity index (χ1n) is 4.68. The van der Waals surface area contributed by atoms with Crippen LogP contribution in [-0.4, -0.2) is 25.0 Å². The second-order valence-corrected chi connectivity index (χ2v) is 4.86. The second-order valence-electron chi connectivity index (χ2n) is 4.86. The van der Waals surface area contributed by atoms with Gasteiger partial charge in [0.25, 0.3) is 0 Å². The first-order chi connectivity index (χ1) is 5.01. The zero-order valence-electron chi connectivity index (χ0n) is 8.35. The smallest absolute Gasteiger partial charge is 0.00895 e. The highest BCUT2D eigenvalue weighted by molar-refractivity contribution is 4.81. The van der Waals surface area contributed by atoms with Gasteiger partial charge in [-0.05, 0) is 45.2 Å². The van der Waals surface area contributed by atoms with Gasteiger partial charge >= 0.3 is 0 Å². The normalized spacial score (nSPS) is 25.9. The average molecular weight is 155 g/mol. The average Bonchev–Trinajstić information content (AvgIpc) is 1.86. The summed E-state index contributed by atoms with van der Waals surface area (Å²) in [5.41, 5.74) is 0.618. The Morgan fingerprint density at radius 2 is 1.55 bits per heavy atom. The highest BCUT2D eigenvalue weighted by Gasteiger charge is 2.27. The van der Waals surface area contributed by atoms with Crippen LogP contribution in [0.15, 0.2) is 0 Å². The molecule has 0 unspecified atom stereocenters. The molecule has 0 aromatic heterocycles. The minimum Gasteiger partial charge on any atom is -0.306 e. The largest absolute Gasteiger partial charge is 0.306 e. The van der Waals surface area contributed by atoms with Crippen molar-refractivity contribution in [2.75, 3.05) is 14.1 Å². The Kier molecular flexibility index (Phi) is 2.58. The molecule has 0 bridgehead atoms. The van der Waals surface area contributed by atoms with Gasteiger partial charge in [0.05, 0.1) is 0 Å². The summed E-state index contributed by atoms with van der Waals surface area (Å²) >= 11 is 0. The maximum Gasteiger partial charge on any atom is 0.00895 e. The number of hydrogen-bond acceptors (Lipinski definition) is 1. The fraction of sp³-hybridized carbons (Fsp3) is 1.00. The predicted octanol–water partition coefficient (Wildman–Crippen LogP) is 2.52. The monoisotopic (exact) mass is 155 g/mol. The Morgan fingerprint density at radius 3 is 1.91 bits per heavy atom. The first kappa shape index (κ1) is 9.05. The van der Waals surface area contributed by atoms with E-state index < -0.39 is 0 Å². The van der Waals surface area contributed by atoms with Crippen LogP contribution in [0.25, 0.3) is 0 Å². The van der Waals surface area contributed by atoms with Crippen LogP contribution in [0.2, 0.25) is 0 Å². The predicted molar refractivity (Wildman–Crippen MR) is 49.7 cm³/mol. The molecule has 66 valence electrons. The molecule has 0 saturated heterocycles. The van der Waals surface area contributed by atoms with Crippen molar-refractivity contribution in [1.82, 2.24) is 4.90 Å². The third-order valence-corrected chi connectivity index (χ3v) is 3.04. The topological polar surface area (TPSA) is 3.24 Å². The molecule has 1 fully saturated rings. The summed E-state index contributed by atoms with van der Waals surface area (Å²) < 4.78 is 0. The van der Waals surface area contributed by atoms with Crippen molar-refractivity contribution < 1.29 is 0 Å². The van der Waals surface area contributed by atoms with Crippen LogP contribution in [0, 0.1) is 5.41 Å². The van der Waals surface area contributed by atoms with Crippen LogP contribution in [0.5, 0.6) is 0 Å². The van der Waals surface area contributed by atoms with E-state index >= 15 is 0 Å². The summed E-state index contributed by atoms with van der Waals surface area (Å²) in [5, 5.41) is 0. The third kappa shape index (κ3) is 2.48. The molecule has 0 heterocycles. The van der Waals surface area contributed by atoms with E-state index in [9.17, 15) is 0 Å². The fourth-order valence-electron chi connectivity index (χ4n) is 1.90. The van der Waals surface area contributed by atoms with Gasteiger partial charge in [-0.3, -0.25) is 0 Å². The summed E-state index contributed by atoms with van der Waals surface area (Å²) in [5.74, 6) is 0. The van der Waals surface area contributed by atoms with E-state index in [1.807, 2.05) is 0 Å². The molecule has 1 aliphatic carbocycles. The van der Waals surface area contributed by atoms with Gasteiger partial charge in [0.2, 0.25) is 0 Å². The van der Waals surface area contributed by atoms with Crippen LogP contribution in [0.4, 0.5) is 0 Å². The summed E-state index contributed by atoms with van der Waals surface area (Å²) in [7, 11) is 4.39. The Balaban J connectivity index is 2.36. The van der Waals surface area contributed by atoms with Gasteiger partial charge in [-0.15, -0.1) is 0 Å². The Hall–Kier alpha value is -0.0400. The minimum atomic E-state index is 0.618. The molecule has 1 saturated carbocycles. The fourth-order valence-corrected chi connectivity index (χ4v) is 1.90. The Morgan fingerprint density at radius 1 is 1.09 bits per heavy atom. The molecule has 11 heavy (non-hydrogen) atoms. The van der Waals surface area contributed by atoms with Gasteiger partial charge in [-0.25, -0.2) is 0 Å². The Labute approximate surface area is 70.8 Å². The maximum absolute atomic E-state index is 2.39. The number of nitrogens with zero attached hydrogens (tertiary/aromatic N) is 1. The lowest BCUT2D eigenvalue weighted by Gasteiger charge is -2.37. The molecule has 0 atom stereocenters. The van der Waals surface area contributed by atoms with Crippen LogP contribution >= 0.6 is 0 Å². The minimum absolute atomic E-state index is 0.618. The maximum atomic E-state index is 2.39. The zero-order valence-corrected chi connectivity index (χ0v) is 8.35. The third-order valence-electron chi connectivity index (χ3n) is 3.04. The summed E-state index contributed by atoms with van der Waals surface area (Å²) in [6, 6.07) is 0.850. The lowest BCUT2D eigenvalue weighted by Crippen LogP contribution is -2.34. The molecule has 0 aromatic carbocycles. The van der Waals surface area contributed by atoms with Gasteiger partial charge in [0.1, 0.15) is 0 Å². The molecule has 0 aliphatic heterocycles. The lowest BCUT2D eigenvalue weighted by molar-refractivity contribution is 0.146. The van der Waals surface area contributed by atoms with Crippen molar-refractivity contribution in [2.45, 2.75) is 45.6 Å². The molecule has 0 N–H and O–H groups in total. The van der Waals surface area contributed by atoms with Crippen molar-refractivity contribution in [3.63, 3.8) is 0 Å². The molecule has 0 aromatic rings. The molecule has 1 rings (SSSR count). The molecular formula is C10H21N. The van der Waals surface area contributed by atoms with E-state index in [4.69, 9.17) is 0 Å². The number of rotatable bonds is 1. The van der Waals surface area contributed by atoms with E-state index in [0.29, 0.717) is 5.41 Å². The van der Waals surface area contributed by atoms with E-state index in [1.165, 1.54) is 25.7 Å². The summed E-state index contributed by atoms with van der Waals surface area (Å²) in [6.07, 6.45) is 5.58. The van der Waals surface area contributed by atoms with Gasteiger partial charge in [-0.2, -0.15) is 0 Å². The standard InChI is InChI=1S/C10H21N/c1-10(2)7-5-9(6-8-10)11(3)4/h9H,5-8H2,1-4H3. The SMILES string of the molecule is CN(C)C1CCC(C)(C)CC1. The second kappa shape index (κ2) is 3.14. The van der Waals surface area contributed by atoms with E-state index in [-0.39, 0.29) is 0 Å². The molecule has 1 nitrogen and oxygen atoms in total. The molecule has 0 radical (unpaired) electrons. The quantitative estimate of drug-likeness (QED) is 0.562. The highest BCUT2D eigenvalue weighted by Crippen LogP contribution is 2.36. The molecule has 1 aliphatic rings. The summed E-state index contributed by atoms with van der Waals surface area (Å²) in [4.78, 5) is 2.37. The van der Waals surface area contributed by atoms with Crippen molar-refractivity contribution >= 4 is 0 Å². The van der Waals surface area contributed by atoms with Crippen molar-refractivity contribution in [2.24, 2.45) is 5.41 Å². The van der Waals surface area contributed by atoms with Gasteiger partial charge in [0.15, 0.2) is 0 Å². The van der Waals surface area contributed by atoms with Gasteiger partial charge < -0.3 is 4.90 Å². The lowest BCUT2D eigenvalue weighted by atomic mass is 9.75. The summed E-state index contributed by atoms with van der Waals surface area (Å²) in [6.45, 7) is 4.78. The van der Waals surface area contributed by atoms with Crippen molar-refractivity contribution in [1.29, 1.82) is 0 Å². The molecule has 0 amide bonds. The van der Waals surface area contributed by atoms with Crippen LogP contribution in [-0.2, 0) is 0 Å². The first-order valence-corrected chi connectivity index (χ1v) is 4.68. The molecule has 1 heteroatoms. The van der Waals surface area contributed by atoms with Gasteiger partial charge in [-0.1, -0.05) is 13.8 Å². The van der Waals surface area contributed by atoms with Crippen molar-refractivity contribution in [3.05, 3.63) is 0 Å². The van der Waals surface area contributed by atoms with E-state index in [0.717, 1.165) is 6.04 Å². The van der Waals surface area contributed by atoms with Crippen molar-refractivity contribution in [3.8, 4) is 0 Å². The number of hydrogen-bond donors (Lipinski definition) is 0. The van der Waals surface area contributed by atoms with Crippen LogP contribution in [0.1, 0.15) is 39.5 Å². The van der Waals surface area contributed by atoms with Gasteiger partial charge in [0, 0.05) is 6.04 Å². The van der Waals surface area contributed by atoms with E-state index in [2.05, 4.69) is 32.8 Å². The molecule has 0 spiro atoms. The molecular weight excluding hydrogens is 134 g/mol. The van der Waals surface area contributed by atoms with Crippen LogP contribution in [0.3, 0.4) is 0 Å².